The number of carbonyl (C=O) groups excluding carboxylic acids is 1. The van der Waals surface area contributed by atoms with Crippen molar-refractivity contribution < 1.29 is 4.79 Å². The van der Waals surface area contributed by atoms with Gasteiger partial charge in [-0.1, -0.05) is 69.7 Å². The van der Waals surface area contributed by atoms with Gasteiger partial charge < -0.3 is 5.32 Å². The summed E-state index contributed by atoms with van der Waals surface area (Å²) < 4.78 is 1.42. The summed E-state index contributed by atoms with van der Waals surface area (Å²) in [4.78, 5) is 33.1. The average molecular weight is 488 g/mol. The van der Waals surface area contributed by atoms with Crippen LogP contribution in [0, 0.1) is 20.8 Å². The predicted molar refractivity (Wildman–Crippen MR) is 147 cm³/mol. The van der Waals surface area contributed by atoms with E-state index in [9.17, 15) is 9.59 Å². The number of thiophene rings is 1. The Morgan fingerprint density at radius 1 is 1.03 bits per heavy atom. The largest absolute Gasteiger partial charge is 0.324 e. The number of anilines is 1. The number of hydrogen-bond acceptors (Lipinski definition) is 4. The molecule has 6 heteroatoms. The predicted octanol–water partition coefficient (Wildman–Crippen LogP) is 6.94. The molecule has 0 aliphatic heterocycles. The molecule has 4 rings (SSSR count). The molecule has 2 heterocycles. The Labute approximate surface area is 210 Å². The lowest BCUT2D eigenvalue weighted by Crippen LogP contribution is -2.28. The molecular weight excluding hydrogens is 454 g/mol. The van der Waals surface area contributed by atoms with Gasteiger partial charge in [-0.15, -0.1) is 11.3 Å². The number of benzene rings is 2. The molecule has 35 heavy (non-hydrogen) atoms. The molecule has 0 fully saturated rings. The average Bonchev–Trinajstić information content (AvgIpc) is 3.13. The number of carbonyl (C=O) groups is 1. The Morgan fingerprint density at radius 2 is 1.69 bits per heavy atom. The minimum atomic E-state index is -0.233. The van der Waals surface area contributed by atoms with E-state index < -0.39 is 0 Å². The fourth-order valence-corrected chi connectivity index (χ4v) is 5.60. The molecule has 0 saturated heterocycles. The quantitative estimate of drug-likeness (QED) is 0.320. The van der Waals surface area contributed by atoms with Gasteiger partial charge in [0.25, 0.3) is 5.56 Å². The van der Waals surface area contributed by atoms with E-state index in [2.05, 4.69) is 75.3 Å². The summed E-state index contributed by atoms with van der Waals surface area (Å²) in [5.41, 5.74) is 7.06. The van der Waals surface area contributed by atoms with E-state index in [1.165, 1.54) is 22.2 Å². The van der Waals surface area contributed by atoms with E-state index in [0.717, 1.165) is 43.9 Å². The topological polar surface area (TPSA) is 64.0 Å². The molecule has 2 aromatic heterocycles. The third-order valence-corrected chi connectivity index (χ3v) is 7.48. The molecule has 5 nitrogen and oxygen atoms in total. The van der Waals surface area contributed by atoms with Crippen LogP contribution in [-0.2, 0) is 11.3 Å². The van der Waals surface area contributed by atoms with Crippen LogP contribution in [0.15, 0.2) is 47.5 Å². The van der Waals surface area contributed by atoms with Crippen molar-refractivity contribution in [1.29, 1.82) is 0 Å². The number of nitrogens with one attached hydrogen (secondary N) is 1. The molecular formula is C29H33N3O2S. The molecule has 182 valence electrons. The molecule has 1 N–H and O–H groups in total. The van der Waals surface area contributed by atoms with Crippen LogP contribution in [0.4, 0.5) is 5.69 Å². The summed E-state index contributed by atoms with van der Waals surface area (Å²) in [6.45, 7) is 14.5. The lowest BCUT2D eigenvalue weighted by molar-refractivity contribution is -0.116. The van der Waals surface area contributed by atoms with E-state index in [1.54, 1.807) is 0 Å². The zero-order chi connectivity index (χ0) is 25.4. The van der Waals surface area contributed by atoms with Crippen LogP contribution in [-0.4, -0.2) is 15.5 Å². The highest BCUT2D eigenvalue weighted by Crippen LogP contribution is 2.37. The summed E-state index contributed by atoms with van der Waals surface area (Å²) in [5.74, 6) is 0.292. The number of hydrogen-bond donors (Lipinski definition) is 1. The van der Waals surface area contributed by atoms with Crippen LogP contribution >= 0.6 is 11.3 Å². The monoisotopic (exact) mass is 487 g/mol. The minimum absolute atomic E-state index is 0.0904. The molecule has 0 aliphatic rings. The number of amides is 1. The molecule has 2 aromatic carbocycles. The number of para-hydroxylation sites is 1. The van der Waals surface area contributed by atoms with Gasteiger partial charge in [0.2, 0.25) is 5.91 Å². The molecule has 0 spiro atoms. The van der Waals surface area contributed by atoms with Crippen molar-refractivity contribution >= 4 is 33.1 Å². The fraction of sp³-hybridized carbons (Fsp3) is 0.345. The summed E-state index contributed by atoms with van der Waals surface area (Å²) >= 11 is 1.52. The lowest BCUT2D eigenvalue weighted by Gasteiger charge is -2.20. The van der Waals surface area contributed by atoms with Crippen molar-refractivity contribution in [3.05, 3.63) is 80.2 Å². The van der Waals surface area contributed by atoms with Crippen molar-refractivity contribution in [3.8, 4) is 11.1 Å². The Bertz CT molecular complexity index is 1450. The highest BCUT2D eigenvalue weighted by molar-refractivity contribution is 7.19. The highest BCUT2D eigenvalue weighted by atomic mass is 32.1. The number of nitrogens with zero attached hydrogens (tertiary/aromatic N) is 2. The van der Waals surface area contributed by atoms with E-state index >= 15 is 0 Å². The first-order chi connectivity index (χ1) is 16.6. The van der Waals surface area contributed by atoms with Crippen molar-refractivity contribution in [2.75, 3.05) is 5.32 Å². The smallest absolute Gasteiger partial charge is 0.263 e. The van der Waals surface area contributed by atoms with Gasteiger partial charge in [0.15, 0.2) is 0 Å². The number of aryl methyl sites for hydroxylation is 3. The van der Waals surface area contributed by atoms with E-state index in [1.807, 2.05) is 19.9 Å². The summed E-state index contributed by atoms with van der Waals surface area (Å²) in [5, 5.41) is 3.69. The first-order valence-electron chi connectivity index (χ1n) is 12.1. The second-order valence-electron chi connectivity index (χ2n) is 9.88. The normalized spacial score (nSPS) is 11.6. The molecule has 0 bridgehead atoms. The molecule has 0 atom stereocenters. The molecule has 0 radical (unpaired) electrons. The second-order valence-corrected chi connectivity index (χ2v) is 11.1. The van der Waals surface area contributed by atoms with Crippen LogP contribution in [0.25, 0.3) is 21.3 Å². The molecule has 0 aliphatic carbocycles. The molecule has 0 unspecified atom stereocenters. The zero-order valence-corrected chi connectivity index (χ0v) is 22.3. The zero-order valence-electron chi connectivity index (χ0n) is 21.5. The van der Waals surface area contributed by atoms with Gasteiger partial charge in [-0.25, -0.2) is 4.98 Å². The van der Waals surface area contributed by atoms with Gasteiger partial charge in [0.1, 0.15) is 11.4 Å². The van der Waals surface area contributed by atoms with Crippen LogP contribution in [0.3, 0.4) is 0 Å². The van der Waals surface area contributed by atoms with Crippen molar-refractivity contribution in [2.45, 2.75) is 66.8 Å². The van der Waals surface area contributed by atoms with Crippen LogP contribution in [0.5, 0.6) is 0 Å². The third-order valence-electron chi connectivity index (χ3n) is 6.47. The van der Waals surface area contributed by atoms with Crippen LogP contribution in [0.2, 0.25) is 0 Å². The van der Waals surface area contributed by atoms with Gasteiger partial charge in [-0.2, -0.15) is 0 Å². The van der Waals surface area contributed by atoms with Crippen molar-refractivity contribution in [1.82, 2.24) is 9.55 Å². The second kappa shape index (κ2) is 9.78. The lowest BCUT2D eigenvalue weighted by atomic mass is 9.92. The van der Waals surface area contributed by atoms with Gasteiger partial charge in [0, 0.05) is 16.1 Å². The number of fused-ring (bicyclic) bond motifs is 1. The van der Waals surface area contributed by atoms with E-state index in [4.69, 9.17) is 0 Å². The van der Waals surface area contributed by atoms with Crippen LogP contribution in [0.1, 0.15) is 66.7 Å². The van der Waals surface area contributed by atoms with Gasteiger partial charge in [-0.05, 0) is 54.9 Å². The highest BCUT2D eigenvalue weighted by Gasteiger charge is 2.20. The maximum atomic E-state index is 13.6. The third kappa shape index (κ3) is 4.80. The molecule has 1 amide bonds. The first-order valence-corrected chi connectivity index (χ1v) is 12.9. The maximum absolute atomic E-state index is 13.6. The van der Waals surface area contributed by atoms with Gasteiger partial charge in [-0.3, -0.25) is 14.2 Å². The standard InChI is InChI=1S/C29H33N3O2S/c1-16(2)21-9-8-10-22(17(3)4)27(21)31-24(33)14-32-15-30-28-26(29(32)34)25(20(7)35-28)23-13-18(5)11-12-19(23)6/h8-13,15-17H,14H2,1-7H3,(H,31,33). The van der Waals surface area contributed by atoms with Gasteiger partial charge in [0.05, 0.1) is 11.7 Å². The Hall–Kier alpha value is -3.25. The molecule has 4 aromatic rings. The van der Waals surface area contributed by atoms with Crippen LogP contribution < -0.4 is 10.9 Å². The number of aromatic nitrogens is 2. The summed E-state index contributed by atoms with van der Waals surface area (Å²) in [7, 11) is 0. The first kappa shape index (κ1) is 24.9. The SMILES string of the molecule is Cc1ccc(C)c(-c2c(C)sc3ncn(CC(=O)Nc4c(C(C)C)cccc4C(C)C)c(=O)c23)c1. The Morgan fingerprint density at radius 3 is 2.31 bits per heavy atom. The van der Waals surface area contributed by atoms with E-state index in [0.29, 0.717) is 10.2 Å². The van der Waals surface area contributed by atoms with Gasteiger partial charge >= 0.3 is 0 Å². The summed E-state index contributed by atoms with van der Waals surface area (Å²) in [6.07, 6.45) is 1.49. The Kier molecular flexibility index (Phi) is 6.95. The maximum Gasteiger partial charge on any atom is 0.263 e. The minimum Gasteiger partial charge on any atom is -0.324 e. The van der Waals surface area contributed by atoms with Crippen molar-refractivity contribution in [2.24, 2.45) is 0 Å². The summed E-state index contributed by atoms with van der Waals surface area (Å²) in [6, 6.07) is 12.4. The van der Waals surface area contributed by atoms with Crippen molar-refractivity contribution in [3.63, 3.8) is 0 Å². The number of rotatable bonds is 6. The Balaban J connectivity index is 1.74. The van der Waals surface area contributed by atoms with E-state index in [-0.39, 0.29) is 29.8 Å². The fourth-order valence-electron chi connectivity index (χ4n) is 4.61. The molecule has 0 saturated carbocycles.